The smallest absolute Gasteiger partial charge is 0.336 e. The van der Waals surface area contributed by atoms with E-state index < -0.39 is 17.2 Å². The molecule has 0 amide bonds. The zero-order valence-corrected chi connectivity index (χ0v) is 11.5. The number of carboxylic acids is 1. The summed E-state index contributed by atoms with van der Waals surface area (Å²) >= 11 is 0. The van der Waals surface area contributed by atoms with Crippen molar-refractivity contribution < 1.29 is 9.90 Å². The van der Waals surface area contributed by atoms with E-state index in [4.69, 9.17) is 0 Å². The van der Waals surface area contributed by atoms with Crippen LogP contribution >= 0.6 is 0 Å². The Bertz CT molecular complexity index is 1000. The monoisotopic (exact) mass is 297 g/mol. The van der Waals surface area contributed by atoms with Gasteiger partial charge in [-0.1, -0.05) is 30.3 Å². The van der Waals surface area contributed by atoms with Crippen LogP contribution in [0.2, 0.25) is 0 Å². The Kier molecular flexibility index (Phi) is 3.10. The van der Waals surface area contributed by atoms with E-state index in [2.05, 4.69) is 9.97 Å². The molecular formula is C15H11N3O4. The molecule has 0 saturated carbocycles. The van der Waals surface area contributed by atoms with E-state index in [1.807, 2.05) is 6.07 Å². The summed E-state index contributed by atoms with van der Waals surface area (Å²) in [6.45, 7) is 0. The van der Waals surface area contributed by atoms with Crippen LogP contribution in [-0.2, 0) is 7.05 Å². The number of nitrogens with one attached hydrogen (secondary N) is 1. The van der Waals surface area contributed by atoms with Crippen LogP contribution in [0.15, 0.2) is 46.0 Å². The minimum Gasteiger partial charge on any atom is -0.478 e. The SMILES string of the molecule is Cn1c(=O)[nH]c(=O)c2c(C(=O)O)cc(-c3ccccc3)nc21. The number of carboxylic acid groups (broad SMARTS) is 1. The standard InChI is InChI=1S/C15H11N3O4/c1-18-12-11(13(19)17-15(18)22)9(14(20)21)7-10(16-12)8-5-3-2-4-6-8/h2-7H,1H3,(H,20,21)(H,17,19,22). The highest BCUT2D eigenvalue weighted by atomic mass is 16.4. The molecule has 3 rings (SSSR count). The van der Waals surface area contributed by atoms with Crippen molar-refractivity contribution in [2.45, 2.75) is 0 Å². The van der Waals surface area contributed by atoms with Crippen LogP contribution < -0.4 is 11.2 Å². The second-order valence-corrected chi connectivity index (χ2v) is 4.74. The molecule has 2 N–H and O–H groups in total. The van der Waals surface area contributed by atoms with Crippen LogP contribution in [0, 0.1) is 0 Å². The van der Waals surface area contributed by atoms with Crippen molar-refractivity contribution in [3.63, 3.8) is 0 Å². The van der Waals surface area contributed by atoms with Crippen LogP contribution in [0.4, 0.5) is 0 Å². The zero-order valence-electron chi connectivity index (χ0n) is 11.5. The molecule has 0 aliphatic carbocycles. The maximum atomic E-state index is 12.0. The number of pyridine rings is 1. The molecule has 110 valence electrons. The van der Waals surface area contributed by atoms with Crippen molar-refractivity contribution in [2.75, 3.05) is 0 Å². The van der Waals surface area contributed by atoms with Crippen LogP contribution in [0.5, 0.6) is 0 Å². The van der Waals surface area contributed by atoms with Gasteiger partial charge in [0.05, 0.1) is 16.6 Å². The maximum Gasteiger partial charge on any atom is 0.336 e. The van der Waals surface area contributed by atoms with Crippen molar-refractivity contribution in [1.29, 1.82) is 0 Å². The fourth-order valence-electron chi connectivity index (χ4n) is 2.26. The Morgan fingerprint density at radius 2 is 1.91 bits per heavy atom. The van der Waals surface area contributed by atoms with Gasteiger partial charge in [0.25, 0.3) is 5.56 Å². The van der Waals surface area contributed by atoms with Gasteiger partial charge >= 0.3 is 11.7 Å². The summed E-state index contributed by atoms with van der Waals surface area (Å²) in [6, 6.07) is 10.3. The lowest BCUT2D eigenvalue weighted by Gasteiger charge is -2.09. The molecule has 0 bridgehead atoms. The number of benzene rings is 1. The van der Waals surface area contributed by atoms with Gasteiger partial charge in [0.2, 0.25) is 0 Å². The average molecular weight is 297 g/mol. The molecule has 0 aliphatic heterocycles. The number of rotatable bonds is 2. The number of hydrogen-bond donors (Lipinski definition) is 2. The van der Waals surface area contributed by atoms with Gasteiger partial charge in [-0.3, -0.25) is 14.3 Å². The number of carbonyl (C=O) groups is 1. The highest BCUT2D eigenvalue weighted by molar-refractivity contribution is 6.02. The summed E-state index contributed by atoms with van der Waals surface area (Å²) in [5.41, 5.74) is -0.493. The fourth-order valence-corrected chi connectivity index (χ4v) is 2.26. The summed E-state index contributed by atoms with van der Waals surface area (Å²) < 4.78 is 1.12. The molecule has 0 radical (unpaired) electrons. The molecule has 7 heteroatoms. The highest BCUT2D eigenvalue weighted by Gasteiger charge is 2.18. The minimum atomic E-state index is -1.26. The third kappa shape index (κ3) is 2.08. The number of fused-ring (bicyclic) bond motifs is 1. The summed E-state index contributed by atoms with van der Waals surface area (Å²) in [5, 5.41) is 9.25. The Labute approximate surface area is 123 Å². The lowest BCUT2D eigenvalue weighted by molar-refractivity contribution is 0.0699. The van der Waals surface area contributed by atoms with Crippen LogP contribution in [0.3, 0.4) is 0 Å². The maximum absolute atomic E-state index is 12.0. The predicted molar refractivity (Wildman–Crippen MR) is 80.0 cm³/mol. The van der Waals surface area contributed by atoms with E-state index in [-0.39, 0.29) is 16.6 Å². The number of nitrogens with zero attached hydrogens (tertiary/aromatic N) is 2. The first kappa shape index (κ1) is 13.7. The summed E-state index contributed by atoms with van der Waals surface area (Å²) in [7, 11) is 1.42. The Morgan fingerprint density at radius 1 is 1.23 bits per heavy atom. The van der Waals surface area contributed by atoms with Gasteiger partial charge in [0.15, 0.2) is 5.65 Å². The predicted octanol–water partition coefficient (Wildman–Crippen LogP) is 0.987. The van der Waals surface area contributed by atoms with E-state index in [9.17, 15) is 19.5 Å². The molecule has 0 fully saturated rings. The molecule has 0 aliphatic rings. The van der Waals surface area contributed by atoms with E-state index in [1.54, 1.807) is 24.3 Å². The molecule has 7 nitrogen and oxygen atoms in total. The van der Waals surface area contributed by atoms with Crippen molar-refractivity contribution in [3.05, 3.63) is 62.8 Å². The van der Waals surface area contributed by atoms with E-state index >= 15 is 0 Å². The number of hydrogen-bond acceptors (Lipinski definition) is 4. The Hall–Kier alpha value is -3.22. The first-order valence-corrected chi connectivity index (χ1v) is 6.42. The van der Waals surface area contributed by atoms with Gasteiger partial charge in [0.1, 0.15) is 0 Å². The average Bonchev–Trinajstić information content (AvgIpc) is 2.52. The first-order chi connectivity index (χ1) is 10.5. The van der Waals surface area contributed by atoms with Crippen molar-refractivity contribution >= 4 is 17.0 Å². The quantitative estimate of drug-likeness (QED) is 0.733. The number of aromatic nitrogens is 3. The zero-order chi connectivity index (χ0) is 15.9. The normalized spacial score (nSPS) is 10.8. The molecule has 2 heterocycles. The summed E-state index contributed by atoms with van der Waals surface area (Å²) in [5.74, 6) is -1.26. The van der Waals surface area contributed by atoms with E-state index in [1.165, 1.54) is 13.1 Å². The second kappa shape index (κ2) is 4.96. The Balaban J connectivity index is 2.50. The number of aryl methyl sites for hydroxylation is 1. The molecule has 0 atom stereocenters. The number of aromatic carboxylic acids is 1. The molecule has 0 unspecified atom stereocenters. The summed E-state index contributed by atoms with van der Waals surface area (Å²) in [4.78, 5) is 41.5. The van der Waals surface area contributed by atoms with Crippen LogP contribution in [0.1, 0.15) is 10.4 Å². The van der Waals surface area contributed by atoms with Crippen molar-refractivity contribution in [1.82, 2.24) is 14.5 Å². The minimum absolute atomic E-state index is 0.0347. The first-order valence-electron chi connectivity index (χ1n) is 6.42. The Morgan fingerprint density at radius 3 is 2.55 bits per heavy atom. The van der Waals surface area contributed by atoms with Crippen molar-refractivity contribution in [2.24, 2.45) is 7.05 Å². The van der Waals surface area contributed by atoms with Gasteiger partial charge < -0.3 is 5.11 Å². The lowest BCUT2D eigenvalue weighted by Crippen LogP contribution is -2.30. The third-order valence-corrected chi connectivity index (χ3v) is 3.37. The molecule has 1 aromatic carbocycles. The van der Waals surface area contributed by atoms with Gasteiger partial charge in [-0.25, -0.2) is 14.6 Å². The van der Waals surface area contributed by atoms with Crippen molar-refractivity contribution in [3.8, 4) is 11.3 Å². The van der Waals surface area contributed by atoms with Gasteiger partial charge in [-0.2, -0.15) is 0 Å². The molecular weight excluding hydrogens is 286 g/mol. The molecule has 2 aromatic heterocycles. The van der Waals surface area contributed by atoms with Gasteiger partial charge in [-0.15, -0.1) is 0 Å². The fraction of sp³-hybridized carbons (Fsp3) is 0.0667. The van der Waals surface area contributed by atoms with E-state index in [0.717, 1.165) is 4.57 Å². The van der Waals surface area contributed by atoms with Crippen LogP contribution in [-0.4, -0.2) is 25.6 Å². The van der Waals surface area contributed by atoms with Crippen LogP contribution in [0.25, 0.3) is 22.3 Å². The molecule has 3 aromatic rings. The van der Waals surface area contributed by atoms with Gasteiger partial charge in [0, 0.05) is 12.6 Å². The van der Waals surface area contributed by atoms with E-state index in [0.29, 0.717) is 11.3 Å². The molecule has 0 saturated heterocycles. The topological polar surface area (TPSA) is 105 Å². The third-order valence-electron chi connectivity index (χ3n) is 3.37. The largest absolute Gasteiger partial charge is 0.478 e. The molecule has 22 heavy (non-hydrogen) atoms. The van der Waals surface area contributed by atoms with Gasteiger partial charge in [-0.05, 0) is 6.07 Å². The summed E-state index contributed by atoms with van der Waals surface area (Å²) in [6.07, 6.45) is 0. The number of aromatic amines is 1. The number of H-pyrrole nitrogens is 1. The highest BCUT2D eigenvalue weighted by Crippen LogP contribution is 2.22. The second-order valence-electron chi connectivity index (χ2n) is 4.74. The molecule has 0 spiro atoms. The lowest BCUT2D eigenvalue weighted by atomic mass is 10.1.